The molecule has 14 heavy (non-hydrogen) atoms. The van der Waals surface area contributed by atoms with Gasteiger partial charge in [-0.05, 0) is 12.3 Å². The number of rotatable bonds is 1. The number of aryl methyl sites for hydroxylation is 1. The number of hydrogen-bond donors (Lipinski definition) is 0. The highest BCUT2D eigenvalue weighted by atomic mass is 32.2. The van der Waals surface area contributed by atoms with E-state index >= 15 is 0 Å². The van der Waals surface area contributed by atoms with Crippen LogP contribution in [0.2, 0.25) is 0 Å². The quantitative estimate of drug-likeness (QED) is 0.525. The van der Waals surface area contributed by atoms with Crippen molar-refractivity contribution < 1.29 is 0 Å². The van der Waals surface area contributed by atoms with Crippen molar-refractivity contribution in [1.82, 2.24) is 9.55 Å². The third-order valence-corrected chi connectivity index (χ3v) is 2.87. The summed E-state index contributed by atoms with van der Waals surface area (Å²) in [6.07, 6.45) is 1.92. The van der Waals surface area contributed by atoms with Gasteiger partial charge in [0.1, 0.15) is 5.03 Å². The maximum Gasteiger partial charge on any atom is 0.348 e. The SMILES string of the molecule is CSc1nc(=O)n(C)c2ccccc12. The second kappa shape index (κ2) is 3.46. The second-order valence-corrected chi connectivity index (χ2v) is 3.77. The highest BCUT2D eigenvalue weighted by molar-refractivity contribution is 7.98. The standard InChI is InChI=1S/C10H10N2OS/c1-12-8-6-4-3-5-7(8)9(14-2)11-10(12)13/h3-6H,1-2H3. The zero-order valence-corrected chi connectivity index (χ0v) is 8.84. The first kappa shape index (κ1) is 9.27. The molecule has 4 heteroatoms. The summed E-state index contributed by atoms with van der Waals surface area (Å²) >= 11 is 1.50. The summed E-state index contributed by atoms with van der Waals surface area (Å²) in [4.78, 5) is 15.4. The van der Waals surface area contributed by atoms with Crippen LogP contribution in [0.1, 0.15) is 0 Å². The highest BCUT2D eigenvalue weighted by Crippen LogP contribution is 2.21. The topological polar surface area (TPSA) is 34.9 Å². The van der Waals surface area contributed by atoms with Crippen molar-refractivity contribution in [2.45, 2.75) is 5.03 Å². The van der Waals surface area contributed by atoms with Crippen LogP contribution in [0.5, 0.6) is 0 Å². The molecule has 2 rings (SSSR count). The number of para-hydroxylation sites is 1. The van der Waals surface area contributed by atoms with Crippen molar-refractivity contribution in [1.29, 1.82) is 0 Å². The van der Waals surface area contributed by atoms with Crippen LogP contribution in [0, 0.1) is 0 Å². The smallest absolute Gasteiger partial charge is 0.295 e. The van der Waals surface area contributed by atoms with Crippen LogP contribution >= 0.6 is 11.8 Å². The molecule has 1 aromatic carbocycles. The Labute approximate surface area is 85.8 Å². The Hall–Kier alpha value is -1.29. The van der Waals surface area contributed by atoms with E-state index in [1.807, 2.05) is 30.5 Å². The number of aromatic nitrogens is 2. The maximum absolute atomic E-state index is 11.5. The zero-order chi connectivity index (χ0) is 10.1. The van der Waals surface area contributed by atoms with Crippen molar-refractivity contribution in [3.63, 3.8) is 0 Å². The summed E-state index contributed by atoms with van der Waals surface area (Å²) < 4.78 is 1.56. The second-order valence-electron chi connectivity index (χ2n) is 2.98. The number of nitrogens with zero attached hydrogens (tertiary/aromatic N) is 2. The van der Waals surface area contributed by atoms with Crippen molar-refractivity contribution in [3.05, 3.63) is 34.7 Å². The lowest BCUT2D eigenvalue weighted by atomic mass is 10.2. The van der Waals surface area contributed by atoms with Gasteiger partial charge in [-0.15, -0.1) is 11.8 Å². The molecule has 3 nitrogen and oxygen atoms in total. The van der Waals surface area contributed by atoms with Gasteiger partial charge in [0.2, 0.25) is 0 Å². The molecule has 2 aromatic rings. The van der Waals surface area contributed by atoms with Gasteiger partial charge in [0.05, 0.1) is 5.52 Å². The first-order chi connectivity index (χ1) is 6.74. The normalized spacial score (nSPS) is 10.7. The molecule has 1 heterocycles. The molecule has 0 unspecified atom stereocenters. The van der Waals surface area contributed by atoms with Crippen LogP contribution in [0.15, 0.2) is 34.1 Å². The van der Waals surface area contributed by atoms with Crippen molar-refractivity contribution in [2.75, 3.05) is 6.26 Å². The largest absolute Gasteiger partial charge is 0.348 e. The first-order valence-electron chi connectivity index (χ1n) is 4.24. The molecule has 72 valence electrons. The summed E-state index contributed by atoms with van der Waals surface area (Å²) in [5, 5.41) is 1.82. The van der Waals surface area contributed by atoms with E-state index < -0.39 is 0 Å². The summed E-state index contributed by atoms with van der Waals surface area (Å²) in [5.41, 5.74) is 0.727. The molecule has 0 amide bonds. The van der Waals surface area contributed by atoms with Crippen molar-refractivity contribution in [3.8, 4) is 0 Å². The van der Waals surface area contributed by atoms with Gasteiger partial charge in [-0.1, -0.05) is 18.2 Å². The molecule has 0 saturated heterocycles. The molecule has 1 aromatic heterocycles. The van der Waals surface area contributed by atoms with E-state index in [9.17, 15) is 4.79 Å². The van der Waals surface area contributed by atoms with Gasteiger partial charge in [0.15, 0.2) is 0 Å². The Bertz CT molecular complexity index is 533. The average Bonchev–Trinajstić information content (AvgIpc) is 2.23. The summed E-state index contributed by atoms with van der Waals surface area (Å²) in [7, 11) is 1.74. The molecular weight excluding hydrogens is 196 g/mol. The van der Waals surface area contributed by atoms with E-state index in [-0.39, 0.29) is 5.69 Å². The van der Waals surface area contributed by atoms with E-state index in [4.69, 9.17) is 0 Å². The predicted octanol–water partition coefficient (Wildman–Crippen LogP) is 1.66. The molecule has 0 aliphatic rings. The Morgan fingerprint density at radius 3 is 2.79 bits per heavy atom. The molecule has 0 aliphatic heterocycles. The van der Waals surface area contributed by atoms with Gasteiger partial charge >= 0.3 is 5.69 Å². The van der Waals surface area contributed by atoms with E-state index in [0.717, 1.165) is 15.9 Å². The van der Waals surface area contributed by atoms with Crippen LogP contribution in [0.3, 0.4) is 0 Å². The van der Waals surface area contributed by atoms with Gasteiger partial charge in [-0.25, -0.2) is 4.79 Å². The minimum Gasteiger partial charge on any atom is -0.295 e. The van der Waals surface area contributed by atoms with Crippen LogP contribution in [-0.4, -0.2) is 15.8 Å². The lowest BCUT2D eigenvalue weighted by molar-refractivity contribution is 0.827. The van der Waals surface area contributed by atoms with Crippen LogP contribution < -0.4 is 5.69 Å². The lowest BCUT2D eigenvalue weighted by Crippen LogP contribution is -2.20. The van der Waals surface area contributed by atoms with Crippen molar-refractivity contribution in [2.24, 2.45) is 7.05 Å². The van der Waals surface area contributed by atoms with E-state index in [2.05, 4.69) is 4.98 Å². The molecule has 0 bridgehead atoms. The number of benzene rings is 1. The number of hydrogen-bond acceptors (Lipinski definition) is 3. The van der Waals surface area contributed by atoms with E-state index in [1.165, 1.54) is 11.8 Å². The van der Waals surface area contributed by atoms with E-state index in [1.54, 1.807) is 11.6 Å². The van der Waals surface area contributed by atoms with Gasteiger partial charge in [-0.3, -0.25) is 4.57 Å². The monoisotopic (exact) mass is 206 g/mol. The van der Waals surface area contributed by atoms with Crippen LogP contribution in [0.25, 0.3) is 10.9 Å². The Kier molecular flexibility index (Phi) is 2.29. The summed E-state index contributed by atoms with van der Waals surface area (Å²) in [6.45, 7) is 0. The Balaban J connectivity index is 2.97. The maximum atomic E-state index is 11.5. The Morgan fingerprint density at radius 1 is 1.36 bits per heavy atom. The Morgan fingerprint density at radius 2 is 2.07 bits per heavy atom. The van der Waals surface area contributed by atoms with Gasteiger partial charge in [-0.2, -0.15) is 4.98 Å². The van der Waals surface area contributed by atoms with Gasteiger partial charge in [0, 0.05) is 12.4 Å². The third-order valence-electron chi connectivity index (χ3n) is 2.17. The van der Waals surface area contributed by atoms with Gasteiger partial charge < -0.3 is 0 Å². The minimum atomic E-state index is -0.201. The zero-order valence-electron chi connectivity index (χ0n) is 8.02. The molecule has 0 N–H and O–H groups in total. The summed E-state index contributed by atoms with van der Waals surface area (Å²) in [6, 6.07) is 7.78. The molecule has 0 aliphatic carbocycles. The number of fused-ring (bicyclic) bond motifs is 1. The fourth-order valence-corrected chi connectivity index (χ4v) is 1.99. The van der Waals surface area contributed by atoms with Crippen LogP contribution in [-0.2, 0) is 7.05 Å². The fraction of sp³-hybridized carbons (Fsp3) is 0.200. The lowest BCUT2D eigenvalue weighted by Gasteiger charge is -2.06. The third kappa shape index (κ3) is 1.32. The highest BCUT2D eigenvalue weighted by Gasteiger charge is 2.05. The first-order valence-corrected chi connectivity index (χ1v) is 5.46. The minimum absolute atomic E-state index is 0.201. The molecule has 0 spiro atoms. The van der Waals surface area contributed by atoms with Crippen LogP contribution in [0.4, 0.5) is 0 Å². The molecule has 0 radical (unpaired) electrons. The molecular formula is C10H10N2OS. The average molecular weight is 206 g/mol. The molecule has 0 saturated carbocycles. The predicted molar refractivity (Wildman–Crippen MR) is 58.8 cm³/mol. The molecule has 0 atom stereocenters. The van der Waals surface area contributed by atoms with Crippen molar-refractivity contribution >= 4 is 22.7 Å². The van der Waals surface area contributed by atoms with Gasteiger partial charge in [0.25, 0.3) is 0 Å². The van der Waals surface area contributed by atoms with E-state index in [0.29, 0.717) is 0 Å². The fourth-order valence-electron chi connectivity index (χ4n) is 1.43. The molecule has 0 fully saturated rings. The summed E-state index contributed by atoms with van der Waals surface area (Å²) in [5.74, 6) is 0. The number of thioether (sulfide) groups is 1.